The van der Waals surface area contributed by atoms with Crippen molar-refractivity contribution in [3.05, 3.63) is 45.3 Å². The van der Waals surface area contributed by atoms with Crippen LogP contribution in [0.3, 0.4) is 0 Å². The van der Waals surface area contributed by atoms with Crippen LogP contribution < -0.4 is 10.1 Å². The van der Waals surface area contributed by atoms with Gasteiger partial charge in [0.25, 0.3) is 11.6 Å². The molecule has 2 aromatic rings. The van der Waals surface area contributed by atoms with Gasteiger partial charge in [0.2, 0.25) is 0 Å². The van der Waals surface area contributed by atoms with Crippen LogP contribution >= 0.6 is 0 Å². The van der Waals surface area contributed by atoms with Crippen molar-refractivity contribution in [2.75, 3.05) is 11.9 Å². The molecular formula is C15H18N4O4. The third-order valence-corrected chi connectivity index (χ3v) is 3.58. The first-order valence-corrected chi connectivity index (χ1v) is 6.98. The molecule has 0 saturated heterocycles. The lowest BCUT2D eigenvalue weighted by Crippen LogP contribution is -2.21. The highest BCUT2D eigenvalue weighted by molar-refractivity contribution is 5.93. The van der Waals surface area contributed by atoms with Gasteiger partial charge in [-0.25, -0.2) is 0 Å². The molecule has 122 valence electrons. The molecule has 0 fully saturated rings. The average Bonchev–Trinajstić information content (AvgIpc) is 2.72. The summed E-state index contributed by atoms with van der Waals surface area (Å²) in [6, 6.07) is 4.51. The van der Waals surface area contributed by atoms with Crippen molar-refractivity contribution in [3.63, 3.8) is 0 Å². The molecule has 8 nitrogen and oxygen atoms in total. The first-order valence-electron chi connectivity index (χ1n) is 6.98. The number of aryl methyl sites for hydroxylation is 2. The van der Waals surface area contributed by atoms with E-state index in [9.17, 15) is 14.9 Å². The van der Waals surface area contributed by atoms with E-state index in [-0.39, 0.29) is 18.2 Å². The number of aromatic nitrogens is 2. The van der Waals surface area contributed by atoms with E-state index in [0.717, 1.165) is 5.69 Å². The molecule has 1 N–H and O–H groups in total. The number of ether oxygens (including phenoxy) is 1. The molecule has 0 bridgehead atoms. The van der Waals surface area contributed by atoms with Crippen molar-refractivity contribution < 1.29 is 14.5 Å². The molecule has 2 rings (SSSR count). The minimum Gasteiger partial charge on any atom is -0.483 e. The maximum Gasteiger partial charge on any atom is 0.276 e. The molecule has 0 aliphatic heterocycles. The molecule has 0 aliphatic rings. The third kappa shape index (κ3) is 3.47. The minimum absolute atomic E-state index is 0.0399. The number of nitro benzene ring substituents is 1. The Bertz CT molecular complexity index is 767. The van der Waals surface area contributed by atoms with Crippen LogP contribution in [0.1, 0.15) is 17.0 Å². The second-order valence-corrected chi connectivity index (χ2v) is 5.16. The molecule has 0 atom stereocenters. The number of nitrogens with zero attached hydrogens (tertiary/aromatic N) is 3. The van der Waals surface area contributed by atoms with Crippen molar-refractivity contribution in [2.24, 2.45) is 7.05 Å². The Labute approximate surface area is 133 Å². The zero-order valence-corrected chi connectivity index (χ0v) is 13.4. The van der Waals surface area contributed by atoms with Crippen LogP contribution in [0, 0.1) is 30.9 Å². The number of benzene rings is 1. The molecule has 1 amide bonds. The smallest absolute Gasteiger partial charge is 0.276 e. The van der Waals surface area contributed by atoms with E-state index in [1.165, 1.54) is 12.1 Å². The fourth-order valence-corrected chi connectivity index (χ4v) is 2.23. The van der Waals surface area contributed by atoms with Crippen LogP contribution in [0.2, 0.25) is 0 Å². The van der Waals surface area contributed by atoms with Gasteiger partial charge in [0.1, 0.15) is 5.75 Å². The number of hydrogen-bond acceptors (Lipinski definition) is 5. The van der Waals surface area contributed by atoms with Gasteiger partial charge in [0, 0.05) is 13.1 Å². The second-order valence-electron chi connectivity index (χ2n) is 5.16. The SMILES string of the molecule is Cc1nn(C)c(C)c1NC(=O)COc1cccc([N+](=O)[O-])c1C. The molecule has 1 aromatic heterocycles. The lowest BCUT2D eigenvalue weighted by Gasteiger charge is -2.10. The van der Waals surface area contributed by atoms with Crippen molar-refractivity contribution in [2.45, 2.75) is 20.8 Å². The van der Waals surface area contributed by atoms with Gasteiger partial charge in [0.05, 0.1) is 27.6 Å². The third-order valence-electron chi connectivity index (χ3n) is 3.58. The standard InChI is InChI=1S/C15H18N4O4/c1-9-12(19(21)22)6-5-7-13(9)23-8-14(20)16-15-10(2)17-18(4)11(15)3/h5-7H,8H2,1-4H3,(H,16,20). The number of carbonyl (C=O) groups is 1. The van der Waals surface area contributed by atoms with E-state index in [1.807, 2.05) is 6.92 Å². The predicted molar refractivity (Wildman–Crippen MR) is 84.6 cm³/mol. The fourth-order valence-electron chi connectivity index (χ4n) is 2.23. The zero-order chi connectivity index (χ0) is 17.1. The van der Waals surface area contributed by atoms with E-state index in [0.29, 0.717) is 22.7 Å². The Hall–Kier alpha value is -2.90. The highest BCUT2D eigenvalue weighted by Gasteiger charge is 2.16. The normalized spacial score (nSPS) is 10.4. The molecule has 23 heavy (non-hydrogen) atoms. The molecule has 0 aliphatic carbocycles. The highest BCUT2D eigenvalue weighted by atomic mass is 16.6. The zero-order valence-electron chi connectivity index (χ0n) is 13.4. The number of nitrogens with one attached hydrogen (secondary N) is 1. The van der Waals surface area contributed by atoms with E-state index >= 15 is 0 Å². The topological polar surface area (TPSA) is 99.3 Å². The van der Waals surface area contributed by atoms with Crippen molar-refractivity contribution in [1.82, 2.24) is 9.78 Å². The summed E-state index contributed by atoms with van der Waals surface area (Å²) in [5, 5.41) is 17.9. The van der Waals surface area contributed by atoms with Crippen molar-refractivity contribution >= 4 is 17.3 Å². The summed E-state index contributed by atoms with van der Waals surface area (Å²) in [5.74, 6) is -0.0379. The number of anilines is 1. The van der Waals surface area contributed by atoms with Gasteiger partial charge < -0.3 is 10.1 Å². The summed E-state index contributed by atoms with van der Waals surface area (Å²) in [4.78, 5) is 22.4. The van der Waals surface area contributed by atoms with Crippen LogP contribution in [-0.2, 0) is 11.8 Å². The maximum atomic E-state index is 12.0. The van der Waals surface area contributed by atoms with E-state index in [1.54, 1.807) is 31.6 Å². The van der Waals surface area contributed by atoms with Crippen LogP contribution in [0.4, 0.5) is 11.4 Å². The quantitative estimate of drug-likeness (QED) is 0.673. The summed E-state index contributed by atoms with van der Waals surface area (Å²) in [5.41, 5.74) is 2.55. The van der Waals surface area contributed by atoms with Crippen LogP contribution in [0.5, 0.6) is 5.75 Å². The molecule has 0 radical (unpaired) electrons. The maximum absolute atomic E-state index is 12.0. The Morgan fingerprint density at radius 2 is 2.09 bits per heavy atom. The first kappa shape index (κ1) is 16.5. The summed E-state index contributed by atoms with van der Waals surface area (Å²) < 4.78 is 7.08. The Kier molecular flexibility index (Phi) is 4.63. The van der Waals surface area contributed by atoms with Gasteiger partial charge in [-0.1, -0.05) is 6.07 Å². The van der Waals surface area contributed by atoms with E-state index in [4.69, 9.17) is 4.74 Å². The largest absolute Gasteiger partial charge is 0.483 e. The molecule has 0 spiro atoms. The molecule has 1 heterocycles. The number of carbonyl (C=O) groups excluding carboxylic acids is 1. The second kappa shape index (κ2) is 6.47. The molecule has 0 saturated carbocycles. The van der Waals surface area contributed by atoms with Gasteiger partial charge in [-0.05, 0) is 26.8 Å². The number of hydrogen-bond donors (Lipinski definition) is 1. The van der Waals surface area contributed by atoms with Crippen molar-refractivity contribution in [1.29, 1.82) is 0 Å². The summed E-state index contributed by atoms with van der Waals surface area (Å²) >= 11 is 0. The Morgan fingerprint density at radius 3 is 2.65 bits per heavy atom. The van der Waals surface area contributed by atoms with Crippen LogP contribution in [0.15, 0.2) is 18.2 Å². The minimum atomic E-state index is -0.482. The van der Waals surface area contributed by atoms with Gasteiger partial charge in [-0.15, -0.1) is 0 Å². The van der Waals surface area contributed by atoms with Gasteiger partial charge in [0.15, 0.2) is 6.61 Å². The molecule has 0 unspecified atom stereocenters. The Morgan fingerprint density at radius 1 is 1.39 bits per heavy atom. The highest BCUT2D eigenvalue weighted by Crippen LogP contribution is 2.27. The summed E-state index contributed by atoms with van der Waals surface area (Å²) in [7, 11) is 1.79. The van der Waals surface area contributed by atoms with E-state index in [2.05, 4.69) is 10.4 Å². The fraction of sp³-hybridized carbons (Fsp3) is 0.333. The number of rotatable bonds is 5. The van der Waals surface area contributed by atoms with Crippen molar-refractivity contribution in [3.8, 4) is 5.75 Å². The van der Waals surface area contributed by atoms with E-state index < -0.39 is 4.92 Å². The lowest BCUT2D eigenvalue weighted by atomic mass is 10.2. The summed E-state index contributed by atoms with van der Waals surface area (Å²) in [6.45, 7) is 4.99. The molecule has 1 aromatic carbocycles. The molecule has 8 heteroatoms. The van der Waals surface area contributed by atoms with Crippen LogP contribution in [0.25, 0.3) is 0 Å². The summed E-state index contributed by atoms with van der Waals surface area (Å²) in [6.07, 6.45) is 0. The number of nitro groups is 1. The predicted octanol–water partition coefficient (Wildman–Crippen LogP) is 2.27. The molecular weight excluding hydrogens is 300 g/mol. The monoisotopic (exact) mass is 318 g/mol. The first-order chi connectivity index (χ1) is 10.8. The number of amides is 1. The lowest BCUT2D eigenvalue weighted by molar-refractivity contribution is -0.385. The Balaban J connectivity index is 2.05. The van der Waals surface area contributed by atoms with Gasteiger partial charge >= 0.3 is 0 Å². The van der Waals surface area contributed by atoms with Gasteiger partial charge in [-0.2, -0.15) is 5.10 Å². The van der Waals surface area contributed by atoms with Gasteiger partial charge in [-0.3, -0.25) is 19.6 Å². The average molecular weight is 318 g/mol. The van der Waals surface area contributed by atoms with Crippen LogP contribution in [-0.4, -0.2) is 27.2 Å².